The fourth-order valence-corrected chi connectivity index (χ4v) is 3.53. The van der Waals surface area contributed by atoms with Crippen molar-refractivity contribution in [1.29, 1.82) is 0 Å². The summed E-state index contributed by atoms with van der Waals surface area (Å²) in [5, 5.41) is 2.82. The summed E-state index contributed by atoms with van der Waals surface area (Å²) in [6.45, 7) is 5.14. The Morgan fingerprint density at radius 1 is 1.33 bits per heavy atom. The Balaban J connectivity index is 1.81. The standard InChI is InChI=1S/C15H18N2O3S/c1-9-6-17(7-10(2)20-9)15(19)11-3-4-13-12(5-11)16-14(18)8-21-13/h3-5,9-10H,6-8H2,1-2H3,(H,16,18). The molecular weight excluding hydrogens is 288 g/mol. The molecule has 0 bridgehead atoms. The fraction of sp³-hybridized carbons (Fsp3) is 0.467. The number of benzene rings is 1. The number of thioether (sulfide) groups is 1. The molecule has 2 atom stereocenters. The highest BCUT2D eigenvalue weighted by atomic mass is 32.2. The van der Waals surface area contributed by atoms with Crippen molar-refractivity contribution >= 4 is 29.3 Å². The zero-order chi connectivity index (χ0) is 15.0. The van der Waals surface area contributed by atoms with Crippen LogP contribution < -0.4 is 5.32 Å². The smallest absolute Gasteiger partial charge is 0.254 e. The second kappa shape index (κ2) is 5.69. The van der Waals surface area contributed by atoms with Crippen molar-refractivity contribution in [1.82, 2.24) is 4.90 Å². The van der Waals surface area contributed by atoms with Crippen LogP contribution in [0.1, 0.15) is 24.2 Å². The van der Waals surface area contributed by atoms with Crippen LogP contribution in [0.15, 0.2) is 23.1 Å². The van der Waals surface area contributed by atoms with Gasteiger partial charge in [-0.2, -0.15) is 0 Å². The van der Waals surface area contributed by atoms with Gasteiger partial charge in [-0.05, 0) is 32.0 Å². The lowest BCUT2D eigenvalue weighted by Crippen LogP contribution is -2.48. The summed E-state index contributed by atoms with van der Waals surface area (Å²) >= 11 is 1.50. The first-order valence-corrected chi connectivity index (χ1v) is 8.03. The number of amides is 2. The van der Waals surface area contributed by atoms with Crippen LogP contribution in [0.5, 0.6) is 0 Å². The largest absolute Gasteiger partial charge is 0.372 e. The van der Waals surface area contributed by atoms with Gasteiger partial charge in [-0.1, -0.05) is 0 Å². The van der Waals surface area contributed by atoms with Gasteiger partial charge in [-0.3, -0.25) is 9.59 Å². The summed E-state index contributed by atoms with van der Waals surface area (Å²) in [5.41, 5.74) is 1.34. The van der Waals surface area contributed by atoms with Crippen LogP contribution in [-0.4, -0.2) is 47.8 Å². The van der Waals surface area contributed by atoms with Gasteiger partial charge in [-0.25, -0.2) is 0 Å². The zero-order valence-electron chi connectivity index (χ0n) is 12.1. The average molecular weight is 306 g/mol. The highest BCUT2D eigenvalue weighted by Gasteiger charge is 2.27. The number of hydrogen-bond acceptors (Lipinski definition) is 4. The molecular formula is C15H18N2O3S. The SMILES string of the molecule is CC1CN(C(=O)c2ccc3c(c2)NC(=O)CS3)CC(C)O1. The first-order valence-electron chi connectivity index (χ1n) is 7.04. The van der Waals surface area contributed by atoms with E-state index < -0.39 is 0 Å². The summed E-state index contributed by atoms with van der Waals surface area (Å²) in [7, 11) is 0. The van der Waals surface area contributed by atoms with Crippen molar-refractivity contribution in [2.75, 3.05) is 24.2 Å². The molecule has 0 aliphatic carbocycles. The Morgan fingerprint density at radius 3 is 2.76 bits per heavy atom. The number of carbonyl (C=O) groups is 2. The summed E-state index contributed by atoms with van der Waals surface area (Å²) < 4.78 is 5.65. The van der Waals surface area contributed by atoms with Gasteiger partial charge in [-0.15, -0.1) is 11.8 Å². The van der Waals surface area contributed by atoms with Crippen LogP contribution in [0.25, 0.3) is 0 Å². The molecule has 0 radical (unpaired) electrons. The highest BCUT2D eigenvalue weighted by molar-refractivity contribution is 8.00. The van der Waals surface area contributed by atoms with E-state index in [9.17, 15) is 9.59 Å². The fourth-order valence-electron chi connectivity index (χ4n) is 2.74. The molecule has 1 aromatic carbocycles. The lowest BCUT2D eigenvalue weighted by atomic mass is 10.1. The Bertz CT molecular complexity index is 580. The normalized spacial score (nSPS) is 25.2. The third-order valence-electron chi connectivity index (χ3n) is 3.57. The molecule has 21 heavy (non-hydrogen) atoms. The zero-order valence-corrected chi connectivity index (χ0v) is 12.9. The third kappa shape index (κ3) is 3.06. The number of nitrogens with one attached hydrogen (secondary N) is 1. The van der Waals surface area contributed by atoms with E-state index in [1.165, 1.54) is 11.8 Å². The maximum atomic E-state index is 12.6. The van der Waals surface area contributed by atoms with Crippen LogP contribution in [0.3, 0.4) is 0 Å². The Labute approximate surface area is 128 Å². The van der Waals surface area contributed by atoms with E-state index in [1.807, 2.05) is 30.9 Å². The molecule has 1 aromatic rings. The predicted molar refractivity (Wildman–Crippen MR) is 81.7 cm³/mol. The monoisotopic (exact) mass is 306 g/mol. The number of morpholine rings is 1. The minimum Gasteiger partial charge on any atom is -0.372 e. The molecule has 0 spiro atoms. The van der Waals surface area contributed by atoms with Crippen LogP contribution in [0, 0.1) is 0 Å². The van der Waals surface area contributed by atoms with Crippen molar-refractivity contribution < 1.29 is 14.3 Å². The van der Waals surface area contributed by atoms with E-state index in [0.29, 0.717) is 24.4 Å². The number of rotatable bonds is 1. The molecule has 112 valence electrons. The van der Waals surface area contributed by atoms with E-state index in [1.54, 1.807) is 6.07 Å². The maximum Gasteiger partial charge on any atom is 0.254 e. The molecule has 1 saturated heterocycles. The minimum absolute atomic E-state index is 0.00961. The summed E-state index contributed by atoms with van der Waals surface area (Å²) in [5.74, 6) is 0.397. The van der Waals surface area contributed by atoms with Crippen LogP contribution in [0.2, 0.25) is 0 Å². The quantitative estimate of drug-likeness (QED) is 0.862. The van der Waals surface area contributed by atoms with E-state index in [2.05, 4.69) is 5.32 Å². The van der Waals surface area contributed by atoms with Crippen molar-refractivity contribution in [2.45, 2.75) is 31.0 Å². The number of carbonyl (C=O) groups excluding carboxylic acids is 2. The number of nitrogens with zero attached hydrogens (tertiary/aromatic N) is 1. The molecule has 2 heterocycles. The predicted octanol–water partition coefficient (Wildman–Crippen LogP) is 1.98. The van der Waals surface area contributed by atoms with Crippen molar-refractivity contribution in [3.8, 4) is 0 Å². The Morgan fingerprint density at radius 2 is 2.05 bits per heavy atom. The molecule has 2 aliphatic heterocycles. The molecule has 2 amide bonds. The second-order valence-electron chi connectivity index (χ2n) is 5.52. The topological polar surface area (TPSA) is 58.6 Å². The van der Waals surface area contributed by atoms with Crippen molar-refractivity contribution in [3.05, 3.63) is 23.8 Å². The van der Waals surface area contributed by atoms with E-state index in [-0.39, 0.29) is 24.0 Å². The number of fused-ring (bicyclic) bond motifs is 1. The molecule has 1 N–H and O–H groups in total. The maximum absolute atomic E-state index is 12.6. The second-order valence-corrected chi connectivity index (χ2v) is 6.53. The molecule has 1 fully saturated rings. The molecule has 3 rings (SSSR count). The van der Waals surface area contributed by atoms with E-state index in [4.69, 9.17) is 4.74 Å². The van der Waals surface area contributed by atoms with Gasteiger partial charge in [0.2, 0.25) is 5.91 Å². The first-order chi connectivity index (χ1) is 10.0. The van der Waals surface area contributed by atoms with E-state index >= 15 is 0 Å². The van der Waals surface area contributed by atoms with Crippen LogP contribution in [-0.2, 0) is 9.53 Å². The van der Waals surface area contributed by atoms with Gasteiger partial charge >= 0.3 is 0 Å². The van der Waals surface area contributed by atoms with Gasteiger partial charge in [0.25, 0.3) is 5.91 Å². The van der Waals surface area contributed by atoms with Crippen LogP contribution >= 0.6 is 11.8 Å². The van der Waals surface area contributed by atoms with Crippen LogP contribution in [0.4, 0.5) is 5.69 Å². The summed E-state index contributed by atoms with van der Waals surface area (Å²) in [6, 6.07) is 5.50. The number of ether oxygens (including phenoxy) is 1. The van der Waals surface area contributed by atoms with Gasteiger partial charge in [0.1, 0.15) is 0 Å². The van der Waals surface area contributed by atoms with E-state index in [0.717, 1.165) is 10.6 Å². The number of anilines is 1. The molecule has 2 unspecified atom stereocenters. The molecule has 0 aromatic heterocycles. The first kappa shape index (κ1) is 14.4. The average Bonchev–Trinajstić information content (AvgIpc) is 2.44. The van der Waals surface area contributed by atoms with Gasteiger partial charge < -0.3 is 15.0 Å². The third-order valence-corrected chi connectivity index (χ3v) is 4.64. The lowest BCUT2D eigenvalue weighted by Gasteiger charge is -2.35. The molecule has 2 aliphatic rings. The van der Waals surface area contributed by atoms with Gasteiger partial charge in [0.15, 0.2) is 0 Å². The van der Waals surface area contributed by atoms with Crippen molar-refractivity contribution in [2.24, 2.45) is 0 Å². The van der Waals surface area contributed by atoms with Gasteiger partial charge in [0.05, 0.1) is 23.6 Å². The summed E-state index contributed by atoms with van der Waals surface area (Å²) in [4.78, 5) is 26.9. The molecule has 0 saturated carbocycles. The van der Waals surface area contributed by atoms with Crippen molar-refractivity contribution in [3.63, 3.8) is 0 Å². The highest BCUT2D eigenvalue weighted by Crippen LogP contribution is 2.32. The Hall–Kier alpha value is -1.53. The lowest BCUT2D eigenvalue weighted by molar-refractivity contribution is -0.113. The Kier molecular flexibility index (Phi) is 3.91. The van der Waals surface area contributed by atoms with Gasteiger partial charge in [0, 0.05) is 23.5 Å². The minimum atomic E-state index is -0.0225. The molecule has 5 nitrogen and oxygen atoms in total. The number of hydrogen-bond donors (Lipinski definition) is 1. The summed E-state index contributed by atoms with van der Waals surface area (Å²) in [6.07, 6.45) is 0.0937. The molecule has 6 heteroatoms.